The molecule has 0 aliphatic rings. The molecule has 2 nitrogen and oxygen atoms in total. The van der Waals surface area contributed by atoms with Gasteiger partial charge < -0.3 is 4.52 Å². The minimum atomic E-state index is 0.408. The van der Waals surface area contributed by atoms with Gasteiger partial charge >= 0.3 is 0 Å². The molecule has 2 heteroatoms. The van der Waals surface area contributed by atoms with Crippen LogP contribution >= 0.6 is 0 Å². The van der Waals surface area contributed by atoms with Crippen LogP contribution in [-0.4, -0.2) is 5.16 Å². The number of terminal acetylenes is 1. The standard InChI is InChI=1S/C9H11NO/c1-4-5-8-6-9(7(2)3)10-11-8/h1,6-7H,5H2,2-3H3. The summed E-state index contributed by atoms with van der Waals surface area (Å²) in [6.45, 7) is 4.13. The largest absolute Gasteiger partial charge is 0.360 e. The Labute approximate surface area is 66.6 Å². The molecule has 1 heterocycles. The fraction of sp³-hybridized carbons (Fsp3) is 0.444. The zero-order valence-corrected chi connectivity index (χ0v) is 6.79. The second kappa shape index (κ2) is 3.25. The van der Waals surface area contributed by atoms with E-state index in [1.807, 2.05) is 6.07 Å². The van der Waals surface area contributed by atoms with E-state index in [-0.39, 0.29) is 0 Å². The summed E-state index contributed by atoms with van der Waals surface area (Å²) >= 11 is 0. The number of hydrogen-bond acceptors (Lipinski definition) is 2. The molecule has 0 atom stereocenters. The van der Waals surface area contributed by atoms with Gasteiger partial charge in [0, 0.05) is 6.07 Å². The lowest BCUT2D eigenvalue weighted by molar-refractivity contribution is 0.382. The molecule has 0 bridgehead atoms. The van der Waals surface area contributed by atoms with Gasteiger partial charge in [-0.15, -0.1) is 6.42 Å². The average molecular weight is 149 g/mol. The van der Waals surface area contributed by atoms with Gasteiger partial charge in [-0.1, -0.05) is 24.9 Å². The van der Waals surface area contributed by atoms with E-state index in [1.54, 1.807) is 0 Å². The lowest BCUT2D eigenvalue weighted by Crippen LogP contribution is -1.84. The van der Waals surface area contributed by atoms with Crippen molar-refractivity contribution in [3.05, 3.63) is 17.5 Å². The molecule has 0 radical (unpaired) electrons. The highest BCUT2D eigenvalue weighted by Gasteiger charge is 2.05. The zero-order valence-electron chi connectivity index (χ0n) is 6.79. The molecule has 1 aromatic heterocycles. The van der Waals surface area contributed by atoms with Gasteiger partial charge in [-0.2, -0.15) is 0 Å². The average Bonchev–Trinajstić information content (AvgIpc) is 2.37. The first-order chi connectivity index (χ1) is 5.24. The minimum absolute atomic E-state index is 0.408. The molecule has 0 N–H and O–H groups in total. The van der Waals surface area contributed by atoms with Crippen LogP contribution in [0.5, 0.6) is 0 Å². The molecule has 0 aliphatic carbocycles. The molecule has 0 amide bonds. The maximum atomic E-state index is 5.11. The molecule has 0 saturated heterocycles. The van der Waals surface area contributed by atoms with E-state index in [9.17, 15) is 0 Å². The van der Waals surface area contributed by atoms with Crippen LogP contribution in [0, 0.1) is 12.3 Å². The van der Waals surface area contributed by atoms with Gasteiger partial charge in [-0.3, -0.25) is 0 Å². The van der Waals surface area contributed by atoms with E-state index in [1.165, 1.54) is 0 Å². The van der Waals surface area contributed by atoms with Gasteiger partial charge in [-0.25, -0.2) is 0 Å². The number of hydrogen-bond donors (Lipinski definition) is 0. The summed E-state index contributed by atoms with van der Waals surface area (Å²) in [7, 11) is 0. The Balaban J connectivity index is 2.75. The van der Waals surface area contributed by atoms with Gasteiger partial charge in [0.15, 0.2) is 0 Å². The third kappa shape index (κ3) is 1.84. The number of aromatic nitrogens is 1. The Bertz CT molecular complexity index is 267. The first kappa shape index (κ1) is 7.87. The highest BCUT2D eigenvalue weighted by Crippen LogP contribution is 2.13. The molecule has 58 valence electrons. The van der Waals surface area contributed by atoms with Crippen molar-refractivity contribution in [2.24, 2.45) is 0 Å². The van der Waals surface area contributed by atoms with Crippen molar-refractivity contribution in [3.8, 4) is 12.3 Å². The summed E-state index contributed by atoms with van der Waals surface area (Å²) in [6, 6.07) is 1.91. The Hall–Kier alpha value is -1.23. The van der Waals surface area contributed by atoms with Crippen LogP contribution in [0.1, 0.15) is 31.2 Å². The maximum absolute atomic E-state index is 5.11. The van der Waals surface area contributed by atoms with E-state index < -0.39 is 0 Å². The van der Waals surface area contributed by atoms with Gasteiger partial charge in [-0.05, 0) is 5.92 Å². The SMILES string of the molecule is C#CCc1cc(C(C)C)no1. The summed E-state index contributed by atoms with van der Waals surface area (Å²) in [4.78, 5) is 0. The number of rotatable bonds is 2. The summed E-state index contributed by atoms with van der Waals surface area (Å²) in [5.41, 5.74) is 0.968. The summed E-state index contributed by atoms with van der Waals surface area (Å²) in [5, 5.41) is 3.86. The topological polar surface area (TPSA) is 26.0 Å². The van der Waals surface area contributed by atoms with Gasteiger partial charge in [0.05, 0.1) is 12.1 Å². The molecule has 0 aliphatic heterocycles. The molecule has 1 rings (SSSR count). The Morgan fingerprint density at radius 3 is 2.91 bits per heavy atom. The van der Waals surface area contributed by atoms with Crippen LogP contribution < -0.4 is 0 Å². The maximum Gasteiger partial charge on any atom is 0.148 e. The van der Waals surface area contributed by atoms with Gasteiger partial charge in [0.1, 0.15) is 5.76 Å². The molecular formula is C9H11NO. The van der Waals surface area contributed by atoms with Crippen molar-refractivity contribution < 1.29 is 4.52 Å². The Morgan fingerprint density at radius 1 is 1.73 bits per heavy atom. The van der Waals surface area contributed by atoms with E-state index in [2.05, 4.69) is 24.9 Å². The van der Waals surface area contributed by atoms with E-state index in [4.69, 9.17) is 10.9 Å². The van der Waals surface area contributed by atoms with Crippen LogP contribution in [-0.2, 0) is 6.42 Å². The van der Waals surface area contributed by atoms with Gasteiger partial charge in [0.25, 0.3) is 0 Å². The molecule has 0 aromatic carbocycles. The quantitative estimate of drug-likeness (QED) is 0.601. The third-order valence-corrected chi connectivity index (χ3v) is 1.45. The fourth-order valence-electron chi connectivity index (χ4n) is 0.785. The predicted molar refractivity (Wildman–Crippen MR) is 43.1 cm³/mol. The van der Waals surface area contributed by atoms with E-state index in [0.29, 0.717) is 12.3 Å². The highest BCUT2D eigenvalue weighted by atomic mass is 16.5. The van der Waals surface area contributed by atoms with Crippen LogP contribution in [0.3, 0.4) is 0 Å². The molecule has 0 saturated carbocycles. The monoisotopic (exact) mass is 149 g/mol. The van der Waals surface area contributed by atoms with Crippen LogP contribution in [0.15, 0.2) is 10.6 Å². The van der Waals surface area contributed by atoms with Crippen molar-refractivity contribution in [2.75, 3.05) is 0 Å². The van der Waals surface area contributed by atoms with Gasteiger partial charge in [0.2, 0.25) is 0 Å². The van der Waals surface area contributed by atoms with Crippen LogP contribution in [0.4, 0.5) is 0 Å². The van der Waals surface area contributed by atoms with E-state index in [0.717, 1.165) is 11.5 Å². The molecular weight excluding hydrogens is 138 g/mol. The third-order valence-electron chi connectivity index (χ3n) is 1.45. The summed E-state index contributed by atoms with van der Waals surface area (Å²) in [6.07, 6.45) is 5.64. The molecule has 11 heavy (non-hydrogen) atoms. The molecule has 0 fully saturated rings. The smallest absolute Gasteiger partial charge is 0.148 e. The van der Waals surface area contributed by atoms with Crippen molar-refractivity contribution in [1.82, 2.24) is 5.16 Å². The zero-order chi connectivity index (χ0) is 8.27. The lowest BCUT2D eigenvalue weighted by Gasteiger charge is -1.92. The fourth-order valence-corrected chi connectivity index (χ4v) is 0.785. The number of nitrogens with zero attached hydrogens (tertiary/aromatic N) is 1. The Morgan fingerprint density at radius 2 is 2.45 bits per heavy atom. The van der Waals surface area contributed by atoms with Crippen molar-refractivity contribution in [1.29, 1.82) is 0 Å². The molecule has 0 spiro atoms. The second-order valence-corrected chi connectivity index (χ2v) is 2.75. The van der Waals surface area contributed by atoms with E-state index >= 15 is 0 Å². The first-order valence-electron chi connectivity index (χ1n) is 3.63. The minimum Gasteiger partial charge on any atom is -0.360 e. The predicted octanol–water partition coefficient (Wildman–Crippen LogP) is 1.97. The Kier molecular flexibility index (Phi) is 2.32. The van der Waals surface area contributed by atoms with Crippen molar-refractivity contribution >= 4 is 0 Å². The second-order valence-electron chi connectivity index (χ2n) is 2.75. The lowest BCUT2D eigenvalue weighted by atomic mass is 10.1. The van der Waals surface area contributed by atoms with Crippen LogP contribution in [0.2, 0.25) is 0 Å². The summed E-state index contributed by atoms with van der Waals surface area (Å²) in [5.74, 6) is 3.68. The first-order valence-corrected chi connectivity index (χ1v) is 3.63. The highest BCUT2D eigenvalue weighted by molar-refractivity contribution is 5.12. The molecule has 1 aromatic rings. The van der Waals surface area contributed by atoms with Crippen LogP contribution in [0.25, 0.3) is 0 Å². The van der Waals surface area contributed by atoms with Crippen molar-refractivity contribution in [2.45, 2.75) is 26.2 Å². The normalized spacial score (nSPS) is 10.0. The molecule has 0 unspecified atom stereocenters. The van der Waals surface area contributed by atoms with Crippen molar-refractivity contribution in [3.63, 3.8) is 0 Å². The summed E-state index contributed by atoms with van der Waals surface area (Å²) < 4.78 is 4.97.